The molecule has 2 aromatic rings. The van der Waals surface area contributed by atoms with Gasteiger partial charge in [-0.05, 0) is 36.7 Å². The number of carbonyl (C=O) groups excluding carboxylic acids is 1. The lowest BCUT2D eigenvalue weighted by atomic mass is 10.2. The van der Waals surface area contributed by atoms with E-state index in [-0.39, 0.29) is 13.1 Å². The van der Waals surface area contributed by atoms with Gasteiger partial charge in [0.1, 0.15) is 5.60 Å². The molecule has 0 fully saturated rings. The first-order valence-corrected chi connectivity index (χ1v) is 9.47. The van der Waals surface area contributed by atoms with E-state index < -0.39 is 29.6 Å². The second-order valence-electron chi connectivity index (χ2n) is 6.65. The molecule has 1 amide bonds. The minimum absolute atomic E-state index is 0.0713. The average Bonchev–Trinajstić information content (AvgIpc) is 3.11. The minimum atomic E-state index is -4.52. The van der Waals surface area contributed by atoms with Crippen LogP contribution in [0, 0.1) is 0 Å². The summed E-state index contributed by atoms with van der Waals surface area (Å²) in [5.74, 6) is 0. The number of hydrogen-bond acceptors (Lipinski definition) is 6. The van der Waals surface area contributed by atoms with E-state index in [9.17, 15) is 18.0 Å². The van der Waals surface area contributed by atoms with Crippen molar-refractivity contribution >= 4 is 38.5 Å². The second kappa shape index (κ2) is 8.46. The van der Waals surface area contributed by atoms with E-state index in [0.29, 0.717) is 5.13 Å². The van der Waals surface area contributed by atoms with Gasteiger partial charge in [-0.2, -0.15) is 13.2 Å². The Hall–Kier alpha value is -1.82. The van der Waals surface area contributed by atoms with Gasteiger partial charge in [-0.25, -0.2) is 14.8 Å². The van der Waals surface area contributed by atoms with Gasteiger partial charge in [0.25, 0.3) is 0 Å². The Morgan fingerprint density at radius 1 is 1.37 bits per heavy atom. The van der Waals surface area contributed by atoms with Crippen molar-refractivity contribution in [1.29, 1.82) is 0 Å². The molecule has 0 saturated heterocycles. The molecular weight excluding hydrogens is 451 g/mol. The molecule has 0 bridgehead atoms. The summed E-state index contributed by atoms with van der Waals surface area (Å²) in [6, 6.07) is -0.558. The van der Waals surface area contributed by atoms with Gasteiger partial charge in [-0.15, -0.1) is 0 Å². The Bertz CT molecular complexity index is 772. The van der Waals surface area contributed by atoms with Crippen LogP contribution in [0.1, 0.15) is 26.5 Å². The summed E-state index contributed by atoms with van der Waals surface area (Å²) in [5.41, 5.74) is -1.68. The molecule has 0 aromatic carbocycles. The number of alkyl carbamates (subject to hydrolysis) is 1. The predicted octanol–water partition coefficient (Wildman–Crippen LogP) is 4.13. The summed E-state index contributed by atoms with van der Waals surface area (Å²) in [6.07, 6.45) is -1.60. The molecule has 150 valence electrons. The molecule has 0 saturated carbocycles. The van der Waals surface area contributed by atoms with Crippen LogP contribution < -0.4 is 10.6 Å². The molecule has 0 aliphatic heterocycles. The topological polar surface area (TPSA) is 81.1 Å². The van der Waals surface area contributed by atoms with Crippen LogP contribution in [0.2, 0.25) is 0 Å². The van der Waals surface area contributed by atoms with Crippen LogP contribution in [0.4, 0.5) is 23.1 Å². The normalized spacial score (nSPS) is 13.3. The summed E-state index contributed by atoms with van der Waals surface area (Å²) in [7, 11) is 0. The van der Waals surface area contributed by atoms with Crippen LogP contribution in [0.15, 0.2) is 22.5 Å². The maximum atomic E-state index is 12.7. The van der Waals surface area contributed by atoms with Crippen LogP contribution in [-0.4, -0.2) is 38.8 Å². The maximum Gasteiger partial charge on any atom is 0.434 e. The zero-order valence-corrected chi connectivity index (χ0v) is 17.2. The maximum absolute atomic E-state index is 12.7. The standard InChI is InChI=1S/C15H19BrF3N5O2S/c1-14(2,3)26-13(25)23-9(4-20-12-21-5-11(16)27-12)6-24-7-10(22-8-24)15(17,18)19/h5,7-9H,4,6H2,1-3H3,(H,20,21)(H,23,25)/t9-/m1/s1. The number of rotatable bonds is 6. The molecule has 2 N–H and O–H groups in total. The Labute approximate surface area is 166 Å². The first-order valence-electron chi connectivity index (χ1n) is 7.86. The second-order valence-corrected chi connectivity index (χ2v) is 9.06. The number of thiazole rings is 1. The number of imidazole rings is 1. The summed E-state index contributed by atoms with van der Waals surface area (Å²) in [4.78, 5) is 19.5. The fourth-order valence-corrected chi connectivity index (χ4v) is 3.16. The molecular formula is C15H19BrF3N5O2S. The third kappa shape index (κ3) is 7.37. The number of amides is 1. The number of nitrogens with zero attached hydrogens (tertiary/aromatic N) is 3. The monoisotopic (exact) mass is 469 g/mol. The van der Waals surface area contributed by atoms with E-state index in [1.807, 2.05) is 0 Å². The number of hydrogen-bond donors (Lipinski definition) is 2. The molecule has 0 unspecified atom stereocenters. The summed E-state index contributed by atoms with van der Waals surface area (Å²) in [6.45, 7) is 5.47. The highest BCUT2D eigenvalue weighted by atomic mass is 79.9. The van der Waals surface area contributed by atoms with Gasteiger partial charge >= 0.3 is 12.3 Å². The lowest BCUT2D eigenvalue weighted by Gasteiger charge is -2.24. The zero-order chi connectivity index (χ0) is 20.2. The number of nitrogens with one attached hydrogen (secondary N) is 2. The fraction of sp³-hybridized carbons (Fsp3) is 0.533. The van der Waals surface area contributed by atoms with E-state index >= 15 is 0 Å². The minimum Gasteiger partial charge on any atom is -0.444 e. The summed E-state index contributed by atoms with van der Waals surface area (Å²) < 4.78 is 45.5. The van der Waals surface area contributed by atoms with Gasteiger partial charge in [0.05, 0.1) is 22.4 Å². The molecule has 2 rings (SSSR count). The number of anilines is 1. The Morgan fingerprint density at radius 2 is 2.07 bits per heavy atom. The highest BCUT2D eigenvalue weighted by Gasteiger charge is 2.33. The first kappa shape index (κ1) is 21.5. The van der Waals surface area contributed by atoms with Crippen LogP contribution in [-0.2, 0) is 17.5 Å². The van der Waals surface area contributed by atoms with E-state index in [1.54, 1.807) is 27.0 Å². The molecule has 0 spiro atoms. The van der Waals surface area contributed by atoms with Crippen LogP contribution in [0.5, 0.6) is 0 Å². The number of alkyl halides is 3. The SMILES string of the molecule is CC(C)(C)OC(=O)N[C@H](CNc1ncc(Br)s1)Cn1cnc(C(F)(F)F)c1. The van der Waals surface area contributed by atoms with E-state index in [1.165, 1.54) is 15.9 Å². The highest BCUT2D eigenvalue weighted by Crippen LogP contribution is 2.27. The Morgan fingerprint density at radius 3 is 2.59 bits per heavy atom. The number of carbonyl (C=O) groups is 1. The molecule has 0 aliphatic rings. The van der Waals surface area contributed by atoms with Crippen molar-refractivity contribution in [2.75, 3.05) is 11.9 Å². The number of aromatic nitrogens is 3. The van der Waals surface area contributed by atoms with Crippen molar-refractivity contribution in [2.45, 2.75) is 45.1 Å². The lowest BCUT2D eigenvalue weighted by Crippen LogP contribution is -2.44. The van der Waals surface area contributed by atoms with Crippen molar-refractivity contribution in [1.82, 2.24) is 19.9 Å². The number of halogens is 4. The van der Waals surface area contributed by atoms with E-state index in [0.717, 1.165) is 16.3 Å². The smallest absolute Gasteiger partial charge is 0.434 e. The largest absolute Gasteiger partial charge is 0.444 e. The van der Waals surface area contributed by atoms with E-state index in [2.05, 4.69) is 36.5 Å². The fourth-order valence-electron chi connectivity index (χ4n) is 2.04. The van der Waals surface area contributed by atoms with Crippen molar-refractivity contribution < 1.29 is 22.7 Å². The van der Waals surface area contributed by atoms with Crippen molar-refractivity contribution in [2.24, 2.45) is 0 Å². The van der Waals surface area contributed by atoms with Gasteiger partial charge in [0.15, 0.2) is 10.8 Å². The predicted molar refractivity (Wildman–Crippen MR) is 98.7 cm³/mol. The van der Waals surface area contributed by atoms with Gasteiger partial charge in [-0.1, -0.05) is 11.3 Å². The molecule has 1 atom stereocenters. The number of ether oxygens (including phenoxy) is 1. The van der Waals surface area contributed by atoms with Gasteiger partial charge in [0.2, 0.25) is 0 Å². The van der Waals surface area contributed by atoms with Gasteiger partial charge < -0.3 is 19.9 Å². The van der Waals surface area contributed by atoms with Crippen molar-refractivity contribution in [3.8, 4) is 0 Å². The van der Waals surface area contributed by atoms with E-state index in [4.69, 9.17) is 4.74 Å². The molecule has 2 aromatic heterocycles. The zero-order valence-electron chi connectivity index (χ0n) is 14.8. The van der Waals surface area contributed by atoms with Crippen molar-refractivity contribution in [3.63, 3.8) is 0 Å². The molecule has 12 heteroatoms. The third-order valence-corrected chi connectivity index (χ3v) is 4.49. The molecule has 0 radical (unpaired) electrons. The van der Waals surface area contributed by atoms with Crippen LogP contribution >= 0.6 is 27.3 Å². The van der Waals surface area contributed by atoms with Gasteiger partial charge in [0, 0.05) is 19.3 Å². The Kier molecular flexibility index (Phi) is 6.73. The molecule has 2 heterocycles. The molecule has 27 heavy (non-hydrogen) atoms. The Balaban J connectivity index is 2.05. The van der Waals surface area contributed by atoms with Gasteiger partial charge in [-0.3, -0.25) is 0 Å². The highest BCUT2D eigenvalue weighted by molar-refractivity contribution is 9.11. The van der Waals surface area contributed by atoms with Crippen molar-refractivity contribution in [3.05, 3.63) is 28.2 Å². The summed E-state index contributed by atoms with van der Waals surface area (Å²) in [5, 5.41) is 6.31. The average molecular weight is 470 g/mol. The van der Waals surface area contributed by atoms with Crippen LogP contribution in [0.3, 0.4) is 0 Å². The quantitative estimate of drug-likeness (QED) is 0.664. The molecule has 7 nitrogen and oxygen atoms in total. The summed E-state index contributed by atoms with van der Waals surface area (Å²) >= 11 is 4.65. The molecule has 0 aliphatic carbocycles. The lowest BCUT2D eigenvalue weighted by molar-refractivity contribution is -0.141. The van der Waals surface area contributed by atoms with Crippen LogP contribution in [0.25, 0.3) is 0 Å². The first-order chi connectivity index (χ1) is 12.4. The third-order valence-electron chi connectivity index (χ3n) is 3.05.